The summed E-state index contributed by atoms with van der Waals surface area (Å²) in [5.41, 5.74) is 1.19. The molecule has 27 heteroatoms. The Kier molecular flexibility index (Phi) is 9.33. The van der Waals surface area contributed by atoms with Crippen LogP contribution in [0.3, 0.4) is 0 Å². The van der Waals surface area contributed by atoms with Crippen LogP contribution in [0.2, 0.25) is 0 Å². The molecule has 0 amide bonds. The molecule has 0 unspecified atom stereocenters. The number of azo groups is 2. The summed E-state index contributed by atoms with van der Waals surface area (Å²) in [6, 6.07) is 4.90. The Hall–Kier alpha value is -4.71. The van der Waals surface area contributed by atoms with E-state index in [0.29, 0.717) is 24.3 Å². The van der Waals surface area contributed by atoms with Crippen molar-refractivity contribution < 1.29 is 75.1 Å². The fourth-order valence-corrected chi connectivity index (χ4v) is 7.22. The number of fused-ring (bicyclic) bond motifs is 1. The molecular formula is C22H17N5O17S5. The fourth-order valence-electron chi connectivity index (χ4n) is 4.02. The van der Waals surface area contributed by atoms with E-state index < -0.39 is 120 Å². The van der Waals surface area contributed by atoms with Crippen LogP contribution >= 0.6 is 0 Å². The van der Waals surface area contributed by atoms with Gasteiger partial charge in [-0.15, -0.1) is 20.5 Å². The van der Waals surface area contributed by atoms with Gasteiger partial charge in [0.15, 0.2) is 11.5 Å². The maximum Gasteiger partial charge on any atom is 0.296 e. The number of nitrogen functional groups attached to an aromatic ring is 1. The highest BCUT2D eigenvalue weighted by Crippen LogP contribution is 2.50. The van der Waals surface area contributed by atoms with E-state index >= 15 is 0 Å². The summed E-state index contributed by atoms with van der Waals surface area (Å²) >= 11 is 0. The first-order valence-electron chi connectivity index (χ1n) is 12.0. The summed E-state index contributed by atoms with van der Waals surface area (Å²) in [6.07, 6.45) is 0. The van der Waals surface area contributed by atoms with E-state index in [4.69, 9.17) is 5.73 Å². The molecule has 4 aromatic carbocycles. The molecule has 0 heterocycles. The summed E-state index contributed by atoms with van der Waals surface area (Å²) in [4.78, 5) is -6.00. The lowest BCUT2D eigenvalue weighted by molar-refractivity contribution is 0.458. The van der Waals surface area contributed by atoms with Gasteiger partial charge < -0.3 is 15.9 Å². The molecule has 0 aliphatic heterocycles. The molecule has 0 aliphatic carbocycles. The molecule has 0 saturated heterocycles. The van der Waals surface area contributed by atoms with Crippen LogP contribution in [0, 0.1) is 0 Å². The number of anilines is 1. The lowest BCUT2D eigenvalue weighted by Gasteiger charge is -2.13. The van der Waals surface area contributed by atoms with Crippen LogP contribution in [0.15, 0.2) is 93.5 Å². The molecule has 0 bridgehead atoms. The number of benzene rings is 4. The Morgan fingerprint density at radius 1 is 0.469 bits per heavy atom. The van der Waals surface area contributed by atoms with E-state index in [1.54, 1.807) is 0 Å². The maximum absolute atomic E-state index is 12.2. The van der Waals surface area contributed by atoms with Crippen molar-refractivity contribution >= 4 is 89.8 Å². The summed E-state index contributed by atoms with van der Waals surface area (Å²) in [7, 11) is -26.3. The van der Waals surface area contributed by atoms with Crippen molar-refractivity contribution in [1.29, 1.82) is 0 Å². The Morgan fingerprint density at radius 2 is 0.857 bits per heavy atom. The Labute approximate surface area is 274 Å². The van der Waals surface area contributed by atoms with Gasteiger partial charge in [-0.05, 0) is 53.9 Å². The highest BCUT2D eigenvalue weighted by molar-refractivity contribution is 7.87. The van der Waals surface area contributed by atoms with Crippen molar-refractivity contribution in [1.82, 2.24) is 0 Å². The molecular weight excluding hydrogens is 767 g/mol. The van der Waals surface area contributed by atoms with Crippen molar-refractivity contribution in [3.8, 4) is 11.5 Å². The number of hydrogen-bond donors (Lipinski definition) is 8. The number of hydrogen-bond acceptors (Lipinski definition) is 17. The zero-order valence-electron chi connectivity index (χ0n) is 23.2. The second kappa shape index (κ2) is 12.3. The quantitative estimate of drug-likeness (QED) is 0.0687. The van der Waals surface area contributed by atoms with Crippen LogP contribution in [0.4, 0.5) is 28.4 Å². The molecule has 49 heavy (non-hydrogen) atoms. The van der Waals surface area contributed by atoms with Crippen molar-refractivity contribution in [2.45, 2.75) is 24.5 Å². The van der Waals surface area contributed by atoms with Crippen LogP contribution < -0.4 is 5.73 Å². The molecule has 0 fully saturated rings. The van der Waals surface area contributed by atoms with E-state index in [1.807, 2.05) is 0 Å². The molecule has 22 nitrogen and oxygen atoms in total. The highest BCUT2D eigenvalue weighted by Gasteiger charge is 2.29. The van der Waals surface area contributed by atoms with E-state index in [2.05, 4.69) is 20.5 Å². The minimum absolute atomic E-state index is 0.182. The van der Waals surface area contributed by atoms with Crippen molar-refractivity contribution in [3.63, 3.8) is 0 Å². The van der Waals surface area contributed by atoms with Crippen molar-refractivity contribution in [3.05, 3.63) is 48.5 Å². The highest BCUT2D eigenvalue weighted by atomic mass is 32.2. The van der Waals surface area contributed by atoms with Crippen molar-refractivity contribution in [2.75, 3.05) is 5.73 Å². The van der Waals surface area contributed by atoms with Gasteiger partial charge in [0.25, 0.3) is 50.6 Å². The lowest BCUT2D eigenvalue weighted by Crippen LogP contribution is -2.03. The molecule has 4 aromatic rings. The van der Waals surface area contributed by atoms with Gasteiger partial charge >= 0.3 is 0 Å². The molecule has 9 N–H and O–H groups in total. The van der Waals surface area contributed by atoms with Crippen LogP contribution in [-0.2, 0) is 50.6 Å². The Balaban J connectivity index is 2.07. The number of aromatic hydroxyl groups is 2. The van der Waals surface area contributed by atoms with E-state index in [9.17, 15) is 75.1 Å². The van der Waals surface area contributed by atoms with Crippen LogP contribution in [0.1, 0.15) is 0 Å². The van der Waals surface area contributed by atoms with E-state index in [-0.39, 0.29) is 11.8 Å². The minimum Gasteiger partial charge on any atom is -0.505 e. The first-order chi connectivity index (χ1) is 22.2. The van der Waals surface area contributed by atoms with Gasteiger partial charge in [-0.2, -0.15) is 42.1 Å². The predicted molar refractivity (Wildman–Crippen MR) is 162 cm³/mol. The van der Waals surface area contributed by atoms with Gasteiger partial charge in [-0.25, -0.2) is 0 Å². The molecule has 4 rings (SSSR count). The standard InChI is InChI=1S/C22H17N5O17S5/c23-10-1-3-12(14(7-10)46(33,34)35)24-26-19-16(48(39,40)41)5-9-6-17(49(42,43)44)20(22(29)18(9)21(19)28)27-25-13-4-2-11(45(30,31)32)8-15(13)47(36,37)38/h1-8,28-29H,23H2,(H,30,31,32)(H,33,34,35)(H,36,37,38)(H,39,40,41)(H,42,43,44). The zero-order chi connectivity index (χ0) is 37.1. The number of rotatable bonds is 9. The van der Waals surface area contributed by atoms with Crippen LogP contribution in [0.25, 0.3) is 10.8 Å². The third kappa shape index (κ3) is 7.80. The second-order valence-electron chi connectivity index (χ2n) is 9.37. The molecule has 0 spiro atoms. The topological polar surface area (TPSA) is 388 Å². The molecule has 0 atom stereocenters. The normalized spacial score (nSPS) is 13.5. The number of nitrogens with two attached hydrogens (primary N) is 1. The van der Waals surface area contributed by atoms with Crippen LogP contribution in [0.5, 0.6) is 11.5 Å². The number of phenols is 2. The maximum atomic E-state index is 12.2. The third-order valence-corrected chi connectivity index (χ3v) is 10.4. The fraction of sp³-hybridized carbons (Fsp3) is 0. The first-order valence-corrected chi connectivity index (χ1v) is 19.2. The summed E-state index contributed by atoms with van der Waals surface area (Å²) < 4.78 is 167. The van der Waals surface area contributed by atoms with E-state index in [1.165, 1.54) is 0 Å². The summed E-state index contributed by atoms with van der Waals surface area (Å²) in [5, 5.41) is 34.0. The average Bonchev–Trinajstić information content (AvgIpc) is 2.93. The van der Waals surface area contributed by atoms with Gasteiger partial charge in [0.1, 0.15) is 42.3 Å². The first kappa shape index (κ1) is 37.1. The van der Waals surface area contributed by atoms with Crippen LogP contribution in [-0.4, -0.2) is 75.1 Å². The predicted octanol–water partition coefficient (Wildman–Crippen LogP) is 2.90. The van der Waals surface area contributed by atoms with Gasteiger partial charge in [-0.1, -0.05) is 0 Å². The monoisotopic (exact) mass is 783 g/mol. The lowest BCUT2D eigenvalue weighted by atomic mass is 10.1. The van der Waals surface area contributed by atoms with E-state index in [0.717, 1.165) is 18.2 Å². The molecule has 0 saturated carbocycles. The van der Waals surface area contributed by atoms with Crippen molar-refractivity contribution in [2.24, 2.45) is 20.5 Å². The largest absolute Gasteiger partial charge is 0.505 e. The minimum atomic E-state index is -5.48. The smallest absolute Gasteiger partial charge is 0.296 e. The number of nitrogens with zero attached hydrogens (tertiary/aromatic N) is 4. The molecule has 0 radical (unpaired) electrons. The second-order valence-corrected chi connectivity index (χ2v) is 16.4. The molecule has 262 valence electrons. The van der Waals surface area contributed by atoms with Gasteiger partial charge in [0, 0.05) is 5.69 Å². The van der Waals surface area contributed by atoms with Gasteiger partial charge in [0.2, 0.25) is 0 Å². The molecule has 0 aromatic heterocycles. The Bertz CT molecular complexity index is 2710. The Morgan fingerprint density at radius 3 is 1.24 bits per heavy atom. The SMILES string of the molecule is Nc1ccc(N=Nc2c(S(=O)(=O)O)cc3cc(S(=O)(=O)O)c(N=Nc4ccc(S(=O)(=O)O)cc4S(=O)(=O)O)c(O)c3c2O)c(S(=O)(=O)O)c1. The van der Waals surface area contributed by atoms with Gasteiger partial charge in [0.05, 0.1) is 10.3 Å². The zero-order valence-corrected chi connectivity index (χ0v) is 27.3. The summed E-state index contributed by atoms with van der Waals surface area (Å²) in [6.45, 7) is 0. The molecule has 0 aliphatic rings. The summed E-state index contributed by atoms with van der Waals surface area (Å²) in [5.74, 6) is -2.86. The average molecular weight is 784 g/mol. The van der Waals surface area contributed by atoms with Gasteiger partial charge in [-0.3, -0.25) is 22.8 Å². The number of phenolic OH excluding ortho intramolecular Hbond substituents is 2. The third-order valence-electron chi connectivity index (χ3n) is 6.09.